The van der Waals surface area contributed by atoms with Crippen LogP contribution in [0, 0.1) is 0 Å². The van der Waals surface area contributed by atoms with Gasteiger partial charge in [-0.1, -0.05) is 0 Å². The average Bonchev–Trinajstić information content (AvgIpc) is 2.94. The first-order valence-electron chi connectivity index (χ1n) is 8.36. The van der Waals surface area contributed by atoms with E-state index in [0.717, 1.165) is 37.3 Å². The third-order valence-corrected chi connectivity index (χ3v) is 5.36. The predicted molar refractivity (Wildman–Crippen MR) is 112 cm³/mol. The van der Waals surface area contributed by atoms with Gasteiger partial charge in [0.25, 0.3) is 0 Å². The molecule has 6 heteroatoms. The number of nitrogens with zero attached hydrogens (tertiary/aromatic N) is 2. The Morgan fingerprint density at radius 1 is 1.23 bits per heavy atom. The van der Waals surface area contributed by atoms with Gasteiger partial charge in [-0.25, -0.2) is 0 Å². The Balaban J connectivity index is 0.00000441. The molecule has 1 unspecified atom stereocenters. The first kappa shape index (κ1) is 22.3. The van der Waals surface area contributed by atoms with Crippen molar-refractivity contribution in [3.8, 4) is 0 Å². The molecule has 1 rings (SSSR count). The van der Waals surface area contributed by atoms with E-state index in [1.807, 2.05) is 7.05 Å². The van der Waals surface area contributed by atoms with Crippen molar-refractivity contribution < 1.29 is 0 Å². The lowest BCUT2D eigenvalue weighted by Crippen LogP contribution is -2.42. The van der Waals surface area contributed by atoms with Crippen LogP contribution in [0.5, 0.6) is 0 Å². The molecule has 0 spiro atoms. The molecule has 22 heavy (non-hydrogen) atoms. The lowest BCUT2D eigenvalue weighted by atomic mass is 10.2. The molecule has 1 aliphatic rings. The SMILES string of the molecule is CN=C(NCCCN(C(C)C)C(C)C)NCC1CCCS1.I. The van der Waals surface area contributed by atoms with Gasteiger partial charge in [-0.3, -0.25) is 9.89 Å². The van der Waals surface area contributed by atoms with E-state index >= 15 is 0 Å². The first-order valence-corrected chi connectivity index (χ1v) is 9.41. The molecule has 1 fully saturated rings. The molecule has 1 heterocycles. The molecule has 0 aromatic rings. The van der Waals surface area contributed by atoms with Crippen molar-refractivity contribution in [1.29, 1.82) is 0 Å². The second-order valence-corrected chi connectivity index (χ2v) is 7.70. The second-order valence-electron chi connectivity index (χ2n) is 6.29. The van der Waals surface area contributed by atoms with Crippen molar-refractivity contribution >= 4 is 41.7 Å². The maximum absolute atomic E-state index is 4.31. The molecular formula is C16H35IN4S. The van der Waals surface area contributed by atoms with E-state index in [-0.39, 0.29) is 24.0 Å². The predicted octanol–water partition coefficient (Wildman–Crippen LogP) is 3.17. The highest BCUT2D eigenvalue weighted by molar-refractivity contribution is 14.0. The van der Waals surface area contributed by atoms with E-state index in [0.29, 0.717) is 12.1 Å². The van der Waals surface area contributed by atoms with E-state index in [2.05, 4.69) is 60.0 Å². The van der Waals surface area contributed by atoms with E-state index in [4.69, 9.17) is 0 Å². The molecule has 4 nitrogen and oxygen atoms in total. The fraction of sp³-hybridized carbons (Fsp3) is 0.938. The average molecular weight is 442 g/mol. The van der Waals surface area contributed by atoms with Gasteiger partial charge in [-0.2, -0.15) is 11.8 Å². The Labute approximate surface area is 158 Å². The fourth-order valence-electron chi connectivity index (χ4n) is 2.82. The minimum Gasteiger partial charge on any atom is -0.356 e. The summed E-state index contributed by atoms with van der Waals surface area (Å²) < 4.78 is 0. The van der Waals surface area contributed by atoms with Crippen LogP contribution in [-0.2, 0) is 0 Å². The van der Waals surface area contributed by atoms with Gasteiger partial charge < -0.3 is 10.6 Å². The molecule has 0 saturated carbocycles. The van der Waals surface area contributed by atoms with E-state index < -0.39 is 0 Å². The Morgan fingerprint density at radius 2 is 1.91 bits per heavy atom. The number of guanidine groups is 1. The molecule has 2 N–H and O–H groups in total. The largest absolute Gasteiger partial charge is 0.356 e. The first-order chi connectivity index (χ1) is 10.0. The Kier molecular flexibility index (Phi) is 12.9. The highest BCUT2D eigenvalue weighted by atomic mass is 127. The summed E-state index contributed by atoms with van der Waals surface area (Å²) in [5, 5.41) is 7.64. The highest BCUT2D eigenvalue weighted by Gasteiger charge is 2.15. The number of nitrogens with one attached hydrogen (secondary N) is 2. The normalized spacial score (nSPS) is 18.9. The summed E-state index contributed by atoms with van der Waals surface area (Å²) in [7, 11) is 1.85. The summed E-state index contributed by atoms with van der Waals surface area (Å²) in [5.74, 6) is 2.27. The maximum atomic E-state index is 4.31. The Bertz CT molecular complexity index is 297. The van der Waals surface area contributed by atoms with Crippen molar-refractivity contribution in [2.45, 2.75) is 64.3 Å². The maximum Gasteiger partial charge on any atom is 0.191 e. The Hall–Kier alpha value is 0.310. The van der Waals surface area contributed by atoms with Gasteiger partial charge in [0.15, 0.2) is 5.96 Å². The van der Waals surface area contributed by atoms with Crippen molar-refractivity contribution in [3.63, 3.8) is 0 Å². The van der Waals surface area contributed by atoms with Crippen LogP contribution < -0.4 is 10.6 Å². The molecule has 0 bridgehead atoms. The van der Waals surface area contributed by atoms with Crippen molar-refractivity contribution in [1.82, 2.24) is 15.5 Å². The number of hydrogen-bond donors (Lipinski definition) is 2. The lowest BCUT2D eigenvalue weighted by Gasteiger charge is -2.30. The van der Waals surface area contributed by atoms with Gasteiger partial charge in [-0.05, 0) is 52.7 Å². The van der Waals surface area contributed by atoms with Crippen LogP contribution in [-0.4, -0.2) is 60.6 Å². The number of thioether (sulfide) groups is 1. The van der Waals surface area contributed by atoms with Gasteiger partial charge in [0.2, 0.25) is 0 Å². The van der Waals surface area contributed by atoms with Crippen molar-refractivity contribution in [2.24, 2.45) is 4.99 Å². The van der Waals surface area contributed by atoms with Gasteiger partial charge in [-0.15, -0.1) is 24.0 Å². The molecule has 0 amide bonds. The summed E-state index contributed by atoms with van der Waals surface area (Å²) in [5.41, 5.74) is 0. The summed E-state index contributed by atoms with van der Waals surface area (Å²) in [6.45, 7) is 12.2. The number of halogens is 1. The molecule has 0 aromatic carbocycles. The van der Waals surface area contributed by atoms with Crippen LogP contribution in [0.4, 0.5) is 0 Å². The van der Waals surface area contributed by atoms with Gasteiger partial charge in [0.1, 0.15) is 0 Å². The third-order valence-electron chi connectivity index (χ3n) is 3.96. The zero-order chi connectivity index (χ0) is 15.7. The number of aliphatic imine (C=N–C) groups is 1. The van der Waals surface area contributed by atoms with Crippen LogP contribution >= 0.6 is 35.7 Å². The summed E-state index contributed by atoms with van der Waals surface area (Å²) in [4.78, 5) is 6.84. The van der Waals surface area contributed by atoms with Crippen molar-refractivity contribution in [2.75, 3.05) is 32.4 Å². The number of rotatable bonds is 8. The Morgan fingerprint density at radius 3 is 2.41 bits per heavy atom. The number of hydrogen-bond acceptors (Lipinski definition) is 3. The van der Waals surface area contributed by atoms with Crippen LogP contribution in [0.2, 0.25) is 0 Å². The van der Waals surface area contributed by atoms with E-state index in [1.165, 1.54) is 18.6 Å². The monoisotopic (exact) mass is 442 g/mol. The lowest BCUT2D eigenvalue weighted by molar-refractivity contribution is 0.173. The minimum absolute atomic E-state index is 0. The molecule has 0 aromatic heterocycles. The van der Waals surface area contributed by atoms with Crippen LogP contribution in [0.1, 0.15) is 47.0 Å². The minimum atomic E-state index is 0. The van der Waals surface area contributed by atoms with Crippen LogP contribution in [0.3, 0.4) is 0 Å². The van der Waals surface area contributed by atoms with E-state index in [1.54, 1.807) is 0 Å². The zero-order valence-electron chi connectivity index (χ0n) is 14.9. The van der Waals surface area contributed by atoms with Gasteiger partial charge in [0.05, 0.1) is 0 Å². The van der Waals surface area contributed by atoms with E-state index in [9.17, 15) is 0 Å². The molecule has 1 aliphatic heterocycles. The smallest absolute Gasteiger partial charge is 0.191 e. The summed E-state index contributed by atoms with van der Waals surface area (Å²) in [6.07, 6.45) is 3.85. The summed E-state index contributed by atoms with van der Waals surface area (Å²) >= 11 is 2.08. The fourth-order valence-corrected chi connectivity index (χ4v) is 4.02. The highest BCUT2D eigenvalue weighted by Crippen LogP contribution is 2.25. The van der Waals surface area contributed by atoms with Crippen LogP contribution in [0.15, 0.2) is 4.99 Å². The van der Waals surface area contributed by atoms with Gasteiger partial charge >= 0.3 is 0 Å². The molecule has 0 radical (unpaired) electrons. The molecule has 1 atom stereocenters. The molecule has 1 saturated heterocycles. The standard InChI is InChI=1S/C16H34N4S.HI/c1-13(2)20(14(3)4)10-7-9-18-16(17-5)19-12-15-8-6-11-21-15;/h13-15H,6-12H2,1-5H3,(H2,17,18,19);1H. The quantitative estimate of drug-likeness (QED) is 0.262. The third kappa shape index (κ3) is 8.82. The molecular weight excluding hydrogens is 407 g/mol. The van der Waals surface area contributed by atoms with Crippen LogP contribution in [0.25, 0.3) is 0 Å². The topological polar surface area (TPSA) is 39.7 Å². The summed E-state index contributed by atoms with van der Waals surface area (Å²) in [6, 6.07) is 1.23. The van der Waals surface area contributed by atoms with Gasteiger partial charge in [0, 0.05) is 44.0 Å². The second kappa shape index (κ2) is 12.7. The van der Waals surface area contributed by atoms with Crippen molar-refractivity contribution in [3.05, 3.63) is 0 Å². The molecule has 0 aliphatic carbocycles. The zero-order valence-corrected chi connectivity index (χ0v) is 18.0. The molecule has 132 valence electrons.